The molecule has 122 valence electrons. The lowest BCUT2D eigenvalue weighted by Crippen LogP contribution is -2.45. The maximum atomic E-state index is 9.77. The maximum absolute atomic E-state index is 9.77. The zero-order valence-electron chi connectivity index (χ0n) is 11.9. The lowest BCUT2D eigenvalue weighted by atomic mass is 10.0. The molecule has 1 aromatic carbocycles. The number of benzene rings is 1. The molecular weight excluding hydrogens is 343 g/mol. The minimum Gasteiger partial charge on any atom is -0.504 e. The van der Waals surface area contributed by atoms with Gasteiger partial charge in [0.1, 0.15) is 0 Å². The Balaban J connectivity index is 0.00000121. The Morgan fingerprint density at radius 1 is 1.05 bits per heavy atom. The first kappa shape index (κ1) is 19.1. The number of aromatic hydroxyl groups is 2. The van der Waals surface area contributed by atoms with E-state index in [4.69, 9.17) is 0 Å². The number of phenols is 2. The molecule has 1 saturated heterocycles. The first-order valence-corrected chi connectivity index (χ1v) is 7.64. The number of rotatable bonds is 3. The molecule has 1 aliphatic heterocycles. The third kappa shape index (κ3) is 4.06. The summed E-state index contributed by atoms with van der Waals surface area (Å²) in [6.07, 6.45) is 0. The number of thiophene rings is 1. The van der Waals surface area contributed by atoms with Gasteiger partial charge >= 0.3 is 0 Å². The van der Waals surface area contributed by atoms with Crippen LogP contribution in [-0.4, -0.2) is 41.3 Å². The molecule has 1 aliphatic rings. The van der Waals surface area contributed by atoms with Crippen molar-refractivity contribution >= 4 is 36.2 Å². The third-order valence-electron chi connectivity index (χ3n) is 3.64. The zero-order chi connectivity index (χ0) is 13.9. The van der Waals surface area contributed by atoms with Crippen molar-refractivity contribution in [1.29, 1.82) is 0 Å². The molecule has 1 aromatic heterocycles. The van der Waals surface area contributed by atoms with Crippen molar-refractivity contribution < 1.29 is 10.2 Å². The van der Waals surface area contributed by atoms with Gasteiger partial charge in [-0.25, -0.2) is 0 Å². The molecule has 0 spiro atoms. The summed E-state index contributed by atoms with van der Waals surface area (Å²) < 4.78 is 0. The van der Waals surface area contributed by atoms with Crippen LogP contribution in [0, 0.1) is 0 Å². The van der Waals surface area contributed by atoms with Crippen LogP contribution >= 0.6 is 36.2 Å². The summed E-state index contributed by atoms with van der Waals surface area (Å²) in [6.45, 7) is 3.91. The number of piperazine rings is 1. The molecule has 0 unspecified atom stereocenters. The normalized spacial score (nSPS) is 16.4. The Morgan fingerprint density at radius 2 is 1.77 bits per heavy atom. The monoisotopic (exact) mass is 362 g/mol. The number of hydrogen-bond acceptors (Lipinski definition) is 5. The van der Waals surface area contributed by atoms with Crippen LogP contribution in [0.4, 0.5) is 0 Å². The summed E-state index contributed by atoms with van der Waals surface area (Å²) in [5.41, 5.74) is 1.02. The van der Waals surface area contributed by atoms with E-state index in [1.807, 2.05) is 6.07 Å². The highest BCUT2D eigenvalue weighted by Crippen LogP contribution is 2.35. The van der Waals surface area contributed by atoms with Gasteiger partial charge in [0.2, 0.25) is 0 Å². The quantitative estimate of drug-likeness (QED) is 0.734. The van der Waals surface area contributed by atoms with Gasteiger partial charge in [0.05, 0.1) is 6.04 Å². The van der Waals surface area contributed by atoms with Crippen molar-refractivity contribution in [2.75, 3.05) is 26.2 Å². The van der Waals surface area contributed by atoms with Crippen molar-refractivity contribution in [3.63, 3.8) is 0 Å². The fourth-order valence-electron chi connectivity index (χ4n) is 2.65. The van der Waals surface area contributed by atoms with Gasteiger partial charge in [-0.1, -0.05) is 12.1 Å². The fraction of sp³-hybridized carbons (Fsp3) is 0.333. The minimum absolute atomic E-state index is 0. The fourth-order valence-corrected chi connectivity index (χ4v) is 3.54. The van der Waals surface area contributed by atoms with Gasteiger partial charge in [-0.05, 0) is 29.1 Å². The highest BCUT2D eigenvalue weighted by molar-refractivity contribution is 7.10. The summed E-state index contributed by atoms with van der Waals surface area (Å²) in [7, 11) is 0. The van der Waals surface area contributed by atoms with Gasteiger partial charge in [-0.3, -0.25) is 4.90 Å². The Kier molecular flexibility index (Phi) is 7.45. The average molecular weight is 363 g/mol. The smallest absolute Gasteiger partial charge is 0.157 e. The first-order chi connectivity index (χ1) is 9.75. The second-order valence-corrected chi connectivity index (χ2v) is 5.93. The lowest BCUT2D eigenvalue weighted by Gasteiger charge is -2.34. The van der Waals surface area contributed by atoms with E-state index in [9.17, 15) is 10.2 Å². The van der Waals surface area contributed by atoms with Crippen LogP contribution in [0.3, 0.4) is 0 Å². The van der Waals surface area contributed by atoms with Crippen LogP contribution in [-0.2, 0) is 0 Å². The van der Waals surface area contributed by atoms with E-state index >= 15 is 0 Å². The van der Waals surface area contributed by atoms with Gasteiger partial charge in [-0.15, -0.1) is 36.2 Å². The molecular formula is C15H20Cl2N2O2S. The van der Waals surface area contributed by atoms with E-state index in [1.165, 1.54) is 4.88 Å². The molecule has 7 heteroatoms. The van der Waals surface area contributed by atoms with Crippen molar-refractivity contribution in [3.05, 3.63) is 46.2 Å². The average Bonchev–Trinajstić information content (AvgIpc) is 2.98. The van der Waals surface area contributed by atoms with E-state index in [0.29, 0.717) is 0 Å². The van der Waals surface area contributed by atoms with Crippen LogP contribution in [0.1, 0.15) is 16.5 Å². The number of halogens is 2. The summed E-state index contributed by atoms with van der Waals surface area (Å²) in [4.78, 5) is 3.67. The number of hydrogen-bond donors (Lipinski definition) is 3. The summed E-state index contributed by atoms with van der Waals surface area (Å²) in [6, 6.07) is 9.44. The van der Waals surface area contributed by atoms with Gasteiger partial charge in [0.15, 0.2) is 11.5 Å². The van der Waals surface area contributed by atoms with Crippen molar-refractivity contribution in [2.24, 2.45) is 0 Å². The SMILES string of the molecule is Cl.Cl.Oc1ccc([C@@H](c2cccs2)N2CCNCC2)cc1O. The Bertz CT molecular complexity index is 575. The van der Waals surface area contributed by atoms with E-state index in [-0.39, 0.29) is 42.4 Å². The standard InChI is InChI=1S/C15H18N2O2S.2ClH/c18-12-4-3-11(10-13(12)19)15(14-2-1-9-20-14)17-7-5-16-6-8-17;;/h1-4,9-10,15-16,18-19H,5-8H2;2*1H/t15-;;/m0../s1. The largest absolute Gasteiger partial charge is 0.504 e. The van der Waals surface area contributed by atoms with Crippen LogP contribution in [0.5, 0.6) is 11.5 Å². The second-order valence-electron chi connectivity index (χ2n) is 4.95. The predicted octanol–water partition coefficient (Wildman–Crippen LogP) is 3.00. The Labute approximate surface area is 146 Å². The highest BCUT2D eigenvalue weighted by atomic mass is 35.5. The molecule has 0 saturated carbocycles. The second kappa shape index (κ2) is 8.60. The van der Waals surface area contributed by atoms with Gasteiger partial charge < -0.3 is 15.5 Å². The molecule has 3 rings (SSSR count). The van der Waals surface area contributed by atoms with E-state index in [2.05, 4.69) is 27.7 Å². The molecule has 1 fully saturated rings. The Hall–Kier alpha value is -0.980. The lowest BCUT2D eigenvalue weighted by molar-refractivity contribution is 0.200. The van der Waals surface area contributed by atoms with Crippen LogP contribution in [0.15, 0.2) is 35.7 Å². The van der Waals surface area contributed by atoms with Crippen LogP contribution < -0.4 is 5.32 Å². The molecule has 0 radical (unpaired) electrons. The van der Waals surface area contributed by atoms with Crippen molar-refractivity contribution in [1.82, 2.24) is 10.2 Å². The van der Waals surface area contributed by atoms with E-state index in [1.54, 1.807) is 23.5 Å². The number of nitrogens with one attached hydrogen (secondary N) is 1. The predicted molar refractivity (Wildman–Crippen MR) is 94.9 cm³/mol. The van der Waals surface area contributed by atoms with E-state index < -0.39 is 0 Å². The molecule has 2 aromatic rings. The summed E-state index contributed by atoms with van der Waals surface area (Å²) in [5, 5.41) is 24.7. The van der Waals surface area contributed by atoms with Crippen molar-refractivity contribution in [3.8, 4) is 11.5 Å². The molecule has 1 atom stereocenters. The zero-order valence-corrected chi connectivity index (χ0v) is 14.4. The number of nitrogens with zero attached hydrogens (tertiary/aromatic N) is 1. The Morgan fingerprint density at radius 3 is 2.36 bits per heavy atom. The molecule has 0 amide bonds. The van der Waals surface area contributed by atoms with Crippen LogP contribution in [0.25, 0.3) is 0 Å². The van der Waals surface area contributed by atoms with Gasteiger partial charge in [0.25, 0.3) is 0 Å². The van der Waals surface area contributed by atoms with Crippen molar-refractivity contribution in [2.45, 2.75) is 6.04 Å². The van der Waals surface area contributed by atoms with Crippen LogP contribution in [0.2, 0.25) is 0 Å². The molecule has 0 aliphatic carbocycles. The molecule has 0 bridgehead atoms. The van der Waals surface area contributed by atoms with E-state index in [0.717, 1.165) is 31.7 Å². The topological polar surface area (TPSA) is 55.7 Å². The molecule has 4 nitrogen and oxygen atoms in total. The summed E-state index contributed by atoms with van der Waals surface area (Å²) >= 11 is 1.72. The maximum Gasteiger partial charge on any atom is 0.157 e. The molecule has 2 heterocycles. The van der Waals surface area contributed by atoms with Gasteiger partial charge in [0, 0.05) is 31.1 Å². The molecule has 3 N–H and O–H groups in total. The van der Waals surface area contributed by atoms with Gasteiger partial charge in [-0.2, -0.15) is 0 Å². The minimum atomic E-state index is -0.0704. The first-order valence-electron chi connectivity index (χ1n) is 6.76. The summed E-state index contributed by atoms with van der Waals surface area (Å²) in [5.74, 6) is -0.127. The molecule has 22 heavy (non-hydrogen) atoms. The highest BCUT2D eigenvalue weighted by Gasteiger charge is 2.25. The third-order valence-corrected chi connectivity index (χ3v) is 4.57. The number of phenolic OH excluding ortho intramolecular Hbond substituents is 2.